The average Bonchev–Trinajstić information content (AvgIpc) is 2.44. The van der Waals surface area contributed by atoms with E-state index in [0.29, 0.717) is 13.0 Å². The van der Waals surface area contributed by atoms with E-state index in [0.717, 1.165) is 11.5 Å². The van der Waals surface area contributed by atoms with Gasteiger partial charge in [0.2, 0.25) is 5.78 Å². The second kappa shape index (κ2) is 4.65. The molecule has 1 aliphatic heterocycles. The highest BCUT2D eigenvalue weighted by Gasteiger charge is 2.31. The molecule has 1 amide bonds. The predicted octanol–water partition coefficient (Wildman–Crippen LogP) is 0.929. The van der Waals surface area contributed by atoms with Crippen LogP contribution in [0.3, 0.4) is 0 Å². The van der Waals surface area contributed by atoms with Crippen LogP contribution < -0.4 is 0 Å². The molecule has 0 bridgehead atoms. The Morgan fingerprint density at radius 1 is 1.54 bits per heavy atom. The van der Waals surface area contributed by atoms with Crippen molar-refractivity contribution in [3.05, 3.63) is 0 Å². The van der Waals surface area contributed by atoms with Crippen LogP contribution in [0.1, 0.15) is 20.3 Å². The van der Waals surface area contributed by atoms with Crippen LogP contribution in [0, 0.1) is 0 Å². The molecular weight excluding hydrogens is 186 g/mol. The highest BCUT2D eigenvalue weighted by Crippen LogP contribution is 2.14. The maximum absolute atomic E-state index is 11.3. The molecule has 0 radical (unpaired) electrons. The molecule has 1 unspecified atom stereocenters. The number of ketones is 1. The Kier molecular flexibility index (Phi) is 3.78. The zero-order valence-corrected chi connectivity index (χ0v) is 8.89. The average molecular weight is 201 g/mol. The molecule has 0 aromatic rings. The first-order valence-electron chi connectivity index (χ1n) is 4.58. The summed E-state index contributed by atoms with van der Waals surface area (Å²) in [4.78, 5) is 23.9. The van der Waals surface area contributed by atoms with Crippen molar-refractivity contribution in [3.8, 4) is 0 Å². The minimum Gasteiger partial charge on any atom is -0.332 e. The molecule has 3 nitrogen and oxygen atoms in total. The largest absolute Gasteiger partial charge is 0.332 e. The van der Waals surface area contributed by atoms with Gasteiger partial charge in [0.25, 0.3) is 5.91 Å². The second-order valence-electron chi connectivity index (χ2n) is 3.18. The Labute approximate surface area is 82.9 Å². The van der Waals surface area contributed by atoms with E-state index in [1.807, 2.05) is 6.92 Å². The summed E-state index contributed by atoms with van der Waals surface area (Å²) < 4.78 is 0. The molecule has 1 rings (SSSR count). The van der Waals surface area contributed by atoms with Gasteiger partial charge >= 0.3 is 0 Å². The summed E-state index contributed by atoms with van der Waals surface area (Å²) in [6, 6.07) is 0.198. The van der Waals surface area contributed by atoms with Crippen LogP contribution in [-0.2, 0) is 9.59 Å². The smallest absolute Gasteiger partial charge is 0.290 e. The van der Waals surface area contributed by atoms with Gasteiger partial charge in [-0.3, -0.25) is 9.59 Å². The highest BCUT2D eigenvalue weighted by molar-refractivity contribution is 7.99. The number of Topliss-reactive ketones (excluding diaryl/α,β-unsaturated/α-hetero) is 1. The summed E-state index contributed by atoms with van der Waals surface area (Å²) in [6.45, 7) is 4.70. The fourth-order valence-electron chi connectivity index (χ4n) is 1.39. The van der Waals surface area contributed by atoms with Crippen molar-refractivity contribution < 1.29 is 9.59 Å². The first-order chi connectivity index (χ1) is 6.16. The standard InChI is InChI=1S/C9H15NO2S/c1-3-13-6-7(2)10-5-4-8(11)9(10)12/h7H,3-6H2,1-2H3. The number of likely N-dealkylation sites (tertiary alicyclic amines) is 1. The van der Waals surface area contributed by atoms with E-state index in [2.05, 4.69) is 6.92 Å². The van der Waals surface area contributed by atoms with Gasteiger partial charge in [0, 0.05) is 24.8 Å². The van der Waals surface area contributed by atoms with Gasteiger partial charge in [0.1, 0.15) is 0 Å². The van der Waals surface area contributed by atoms with Crippen LogP contribution in [0.2, 0.25) is 0 Å². The molecule has 0 aromatic carbocycles. The van der Waals surface area contributed by atoms with Crippen LogP contribution in [0.15, 0.2) is 0 Å². The topological polar surface area (TPSA) is 37.4 Å². The van der Waals surface area contributed by atoms with Crippen molar-refractivity contribution in [2.75, 3.05) is 18.1 Å². The number of carbonyl (C=O) groups is 2. The Balaban J connectivity index is 2.43. The van der Waals surface area contributed by atoms with E-state index >= 15 is 0 Å². The van der Waals surface area contributed by atoms with Crippen LogP contribution in [0.4, 0.5) is 0 Å². The van der Waals surface area contributed by atoms with Gasteiger partial charge in [0.15, 0.2) is 0 Å². The Morgan fingerprint density at radius 3 is 2.69 bits per heavy atom. The Bertz CT molecular complexity index is 218. The summed E-state index contributed by atoms with van der Waals surface area (Å²) >= 11 is 1.80. The van der Waals surface area contributed by atoms with Crippen molar-refractivity contribution in [2.24, 2.45) is 0 Å². The molecule has 0 aromatic heterocycles. The number of nitrogens with zero attached hydrogens (tertiary/aromatic N) is 1. The minimum atomic E-state index is -0.288. The maximum Gasteiger partial charge on any atom is 0.290 e. The predicted molar refractivity (Wildman–Crippen MR) is 53.8 cm³/mol. The lowest BCUT2D eigenvalue weighted by molar-refractivity contribution is -0.140. The molecule has 74 valence electrons. The lowest BCUT2D eigenvalue weighted by Gasteiger charge is -2.22. The number of hydrogen-bond acceptors (Lipinski definition) is 3. The molecule has 0 spiro atoms. The summed E-state index contributed by atoms with van der Waals surface area (Å²) in [7, 11) is 0. The molecule has 0 N–H and O–H groups in total. The van der Waals surface area contributed by atoms with E-state index in [-0.39, 0.29) is 17.7 Å². The molecule has 1 saturated heterocycles. The number of hydrogen-bond donors (Lipinski definition) is 0. The third-order valence-electron chi connectivity index (χ3n) is 2.17. The van der Waals surface area contributed by atoms with Gasteiger partial charge in [-0.15, -0.1) is 0 Å². The zero-order valence-electron chi connectivity index (χ0n) is 8.08. The first kappa shape index (κ1) is 10.6. The molecule has 4 heteroatoms. The molecule has 0 aliphatic carbocycles. The van der Waals surface area contributed by atoms with Crippen molar-refractivity contribution in [3.63, 3.8) is 0 Å². The molecule has 1 atom stereocenters. The molecular formula is C9H15NO2S. The SMILES string of the molecule is CCSCC(C)N1CCC(=O)C1=O. The van der Waals surface area contributed by atoms with Gasteiger partial charge in [0.05, 0.1) is 0 Å². The van der Waals surface area contributed by atoms with Crippen LogP contribution in [0.25, 0.3) is 0 Å². The van der Waals surface area contributed by atoms with E-state index in [9.17, 15) is 9.59 Å². The molecule has 1 fully saturated rings. The van der Waals surface area contributed by atoms with Crippen LogP contribution in [-0.4, -0.2) is 40.7 Å². The van der Waals surface area contributed by atoms with Crippen molar-refractivity contribution >= 4 is 23.5 Å². The summed E-state index contributed by atoms with van der Waals surface area (Å²) in [5.41, 5.74) is 0. The van der Waals surface area contributed by atoms with Gasteiger partial charge in [-0.25, -0.2) is 0 Å². The monoisotopic (exact) mass is 201 g/mol. The van der Waals surface area contributed by atoms with Crippen molar-refractivity contribution in [1.82, 2.24) is 4.90 Å². The molecule has 13 heavy (non-hydrogen) atoms. The van der Waals surface area contributed by atoms with Gasteiger partial charge < -0.3 is 4.90 Å². The van der Waals surface area contributed by atoms with E-state index in [1.165, 1.54) is 0 Å². The van der Waals surface area contributed by atoms with Crippen molar-refractivity contribution in [1.29, 1.82) is 0 Å². The first-order valence-corrected chi connectivity index (χ1v) is 5.73. The van der Waals surface area contributed by atoms with Crippen LogP contribution >= 0.6 is 11.8 Å². The number of carbonyl (C=O) groups excluding carboxylic acids is 2. The van der Waals surface area contributed by atoms with E-state index in [1.54, 1.807) is 16.7 Å². The molecule has 1 aliphatic rings. The number of thioether (sulfide) groups is 1. The fraction of sp³-hybridized carbons (Fsp3) is 0.778. The lowest BCUT2D eigenvalue weighted by Crippen LogP contribution is -2.37. The minimum absolute atomic E-state index is 0.198. The second-order valence-corrected chi connectivity index (χ2v) is 4.50. The normalized spacial score (nSPS) is 19.7. The molecule has 0 saturated carbocycles. The van der Waals surface area contributed by atoms with E-state index in [4.69, 9.17) is 0 Å². The Morgan fingerprint density at radius 2 is 2.23 bits per heavy atom. The summed E-state index contributed by atoms with van der Waals surface area (Å²) in [5, 5.41) is 0. The molecule has 1 heterocycles. The van der Waals surface area contributed by atoms with Crippen molar-refractivity contribution in [2.45, 2.75) is 26.3 Å². The number of amides is 1. The third-order valence-corrected chi connectivity index (χ3v) is 3.30. The quantitative estimate of drug-likeness (QED) is 0.635. The summed E-state index contributed by atoms with van der Waals surface area (Å²) in [5.74, 6) is 1.47. The summed E-state index contributed by atoms with van der Waals surface area (Å²) in [6.07, 6.45) is 0.403. The van der Waals surface area contributed by atoms with Crippen LogP contribution in [0.5, 0.6) is 0 Å². The zero-order chi connectivity index (χ0) is 9.84. The van der Waals surface area contributed by atoms with Gasteiger partial charge in [-0.05, 0) is 12.7 Å². The lowest BCUT2D eigenvalue weighted by atomic mass is 10.3. The highest BCUT2D eigenvalue weighted by atomic mass is 32.2. The van der Waals surface area contributed by atoms with E-state index < -0.39 is 0 Å². The third kappa shape index (κ3) is 2.46. The van der Waals surface area contributed by atoms with Gasteiger partial charge in [-0.2, -0.15) is 11.8 Å². The fourth-order valence-corrected chi connectivity index (χ4v) is 2.15. The maximum atomic E-state index is 11.3. The number of rotatable bonds is 4. The Hall–Kier alpha value is -0.510. The van der Waals surface area contributed by atoms with Gasteiger partial charge in [-0.1, -0.05) is 6.92 Å².